The summed E-state index contributed by atoms with van der Waals surface area (Å²) in [6.07, 6.45) is 3.51. The van der Waals surface area contributed by atoms with Crippen LogP contribution in [0, 0.1) is 10.8 Å². The molecule has 1 fully saturated rings. The third-order valence-electron chi connectivity index (χ3n) is 13.5. The maximum absolute atomic E-state index is 14.5. The minimum atomic E-state index is -0.922. The molecule has 15 heteroatoms. The standard InChI is InChI=1S/C52H72N8O7/c1-31(53-9)45(61)57-43(51(3,4)5)49(65)59-25-24-36-26-39(23-22-37(36)28-59)67-30-33-18-20-35(21-19-33)47(63)55-38-27-42(48(64)56-41-17-13-15-34-14-11-12-16-40(34)41)60(29-38)50(66)44(52(6,7)8)58-46(62)32(2)54-10/h11-12,14,16,18-23,26,31-32,38,41-44,53-54H,13,15,17,24-25,27-30H2,1-10H3,(H,55,63)(H,56,64)(H,57,61)(H,58,62)/t31-,32-,38-,41+,42-,43?,44+/m0/s1. The Kier molecular flexibility index (Phi) is 16.2. The van der Waals surface area contributed by atoms with E-state index in [1.165, 1.54) is 10.5 Å². The average Bonchev–Trinajstić information content (AvgIpc) is 3.73. The quantitative estimate of drug-likeness (QED) is 0.129. The average molecular weight is 921 g/mol. The lowest BCUT2D eigenvalue weighted by Crippen LogP contribution is -2.59. The fourth-order valence-electron chi connectivity index (χ4n) is 9.04. The number of carbonyl (C=O) groups excluding carboxylic acids is 6. The second-order valence-corrected chi connectivity index (χ2v) is 20.6. The van der Waals surface area contributed by atoms with E-state index < -0.39 is 47.1 Å². The molecule has 0 spiro atoms. The predicted octanol–water partition coefficient (Wildman–Crippen LogP) is 4.32. The van der Waals surface area contributed by atoms with Crippen LogP contribution >= 0.6 is 0 Å². The molecule has 2 aliphatic heterocycles. The van der Waals surface area contributed by atoms with Gasteiger partial charge in [-0.25, -0.2) is 0 Å². The summed E-state index contributed by atoms with van der Waals surface area (Å²) in [6, 6.07) is 17.0. The number of likely N-dealkylation sites (tertiary alicyclic amines) is 1. The lowest BCUT2D eigenvalue weighted by Gasteiger charge is -2.37. The van der Waals surface area contributed by atoms with E-state index in [1.54, 1.807) is 40.1 Å². The van der Waals surface area contributed by atoms with Crippen LogP contribution in [0.15, 0.2) is 66.7 Å². The van der Waals surface area contributed by atoms with Gasteiger partial charge < -0.3 is 46.4 Å². The summed E-state index contributed by atoms with van der Waals surface area (Å²) in [4.78, 5) is 85.5. The van der Waals surface area contributed by atoms with Crippen molar-refractivity contribution < 1.29 is 33.5 Å². The number of benzene rings is 3. The lowest BCUT2D eigenvalue weighted by molar-refractivity contribution is -0.144. The Labute approximate surface area is 396 Å². The molecule has 15 nitrogen and oxygen atoms in total. The van der Waals surface area contributed by atoms with Crippen LogP contribution in [0.2, 0.25) is 0 Å². The topological polar surface area (TPSA) is 190 Å². The zero-order valence-electron chi connectivity index (χ0n) is 41.0. The van der Waals surface area contributed by atoms with E-state index in [0.29, 0.717) is 30.8 Å². The highest BCUT2D eigenvalue weighted by Gasteiger charge is 2.46. The number of carbonyl (C=O) groups is 6. The van der Waals surface area contributed by atoms with E-state index in [9.17, 15) is 28.8 Å². The number of amides is 6. The first kappa shape index (κ1) is 50.6. The molecule has 2 heterocycles. The smallest absolute Gasteiger partial charge is 0.251 e. The molecule has 0 saturated carbocycles. The molecule has 0 bridgehead atoms. The molecule has 1 saturated heterocycles. The van der Waals surface area contributed by atoms with E-state index in [1.807, 2.05) is 95.0 Å². The molecule has 0 radical (unpaired) electrons. The van der Waals surface area contributed by atoms with Crippen molar-refractivity contribution in [2.75, 3.05) is 27.2 Å². The van der Waals surface area contributed by atoms with Gasteiger partial charge in [0.25, 0.3) is 5.91 Å². The zero-order valence-corrected chi connectivity index (χ0v) is 41.0. The first-order chi connectivity index (χ1) is 31.7. The number of likely N-dealkylation sites (N-methyl/N-ethyl adjacent to an activating group) is 2. The second kappa shape index (κ2) is 21.4. The van der Waals surface area contributed by atoms with Gasteiger partial charge in [-0.05, 0) is 123 Å². The van der Waals surface area contributed by atoms with Crippen molar-refractivity contribution in [3.05, 3.63) is 100 Å². The van der Waals surface area contributed by atoms with Gasteiger partial charge in [0.2, 0.25) is 29.5 Å². The Hall–Kier alpha value is -5.80. The molecule has 6 amide bonds. The van der Waals surface area contributed by atoms with Crippen molar-refractivity contribution in [2.45, 2.75) is 143 Å². The maximum atomic E-state index is 14.5. The van der Waals surface area contributed by atoms with Crippen LogP contribution in [-0.2, 0) is 50.0 Å². The largest absolute Gasteiger partial charge is 0.489 e. The van der Waals surface area contributed by atoms with Crippen molar-refractivity contribution in [1.29, 1.82) is 0 Å². The van der Waals surface area contributed by atoms with Crippen LogP contribution in [0.3, 0.4) is 0 Å². The number of nitrogens with one attached hydrogen (secondary N) is 6. The number of rotatable bonds is 15. The fourth-order valence-corrected chi connectivity index (χ4v) is 9.04. The van der Waals surface area contributed by atoms with Crippen molar-refractivity contribution in [2.24, 2.45) is 10.8 Å². The van der Waals surface area contributed by atoms with Crippen LogP contribution in [-0.4, -0.2) is 109 Å². The highest BCUT2D eigenvalue weighted by molar-refractivity contribution is 5.96. The van der Waals surface area contributed by atoms with Crippen molar-refractivity contribution in [1.82, 2.24) is 41.7 Å². The van der Waals surface area contributed by atoms with Gasteiger partial charge in [0.15, 0.2) is 0 Å². The number of ether oxygens (including phenoxy) is 1. The number of aryl methyl sites for hydroxylation is 1. The molecule has 3 aromatic carbocycles. The summed E-state index contributed by atoms with van der Waals surface area (Å²) < 4.78 is 6.19. The summed E-state index contributed by atoms with van der Waals surface area (Å²) in [5.74, 6) is -0.956. The molecule has 67 heavy (non-hydrogen) atoms. The van der Waals surface area contributed by atoms with Gasteiger partial charge in [0, 0.05) is 31.2 Å². The summed E-state index contributed by atoms with van der Waals surface area (Å²) in [5, 5.41) is 18.1. The van der Waals surface area contributed by atoms with E-state index in [-0.39, 0.29) is 61.1 Å². The van der Waals surface area contributed by atoms with Gasteiger partial charge in [-0.3, -0.25) is 28.8 Å². The summed E-state index contributed by atoms with van der Waals surface area (Å²) in [5.41, 5.74) is 4.53. The molecule has 3 aliphatic rings. The van der Waals surface area contributed by atoms with E-state index >= 15 is 0 Å². The molecule has 7 atom stereocenters. The molecule has 0 aromatic heterocycles. The Morgan fingerprint density at radius 3 is 1.99 bits per heavy atom. The molecule has 1 aliphatic carbocycles. The monoisotopic (exact) mass is 921 g/mol. The van der Waals surface area contributed by atoms with Gasteiger partial charge in [0.1, 0.15) is 30.5 Å². The van der Waals surface area contributed by atoms with Gasteiger partial charge in [-0.1, -0.05) is 84.0 Å². The molecule has 3 aromatic rings. The first-order valence-corrected chi connectivity index (χ1v) is 23.8. The SMILES string of the molecule is CN[C@@H](C)C(=O)NC(C(=O)N1CCc2cc(OCc3ccc(C(=O)N[C@H]4C[C@@H](C(=O)N[C@@H]5CCCc6ccccc65)N(C(=O)[C@@H](NC(=O)[C@H](C)NC)C(C)(C)C)C4)cc3)ccc2C1)C(C)(C)C. The zero-order chi connectivity index (χ0) is 48.8. The lowest BCUT2D eigenvalue weighted by atomic mass is 9.85. The Morgan fingerprint density at radius 1 is 0.731 bits per heavy atom. The normalized spacial score (nSPS) is 20.0. The fraction of sp³-hybridized carbons (Fsp3) is 0.538. The predicted molar refractivity (Wildman–Crippen MR) is 258 cm³/mol. The van der Waals surface area contributed by atoms with Crippen molar-refractivity contribution in [3.63, 3.8) is 0 Å². The maximum Gasteiger partial charge on any atom is 0.251 e. The Bertz CT molecular complexity index is 2290. The number of hydrogen-bond donors (Lipinski definition) is 6. The summed E-state index contributed by atoms with van der Waals surface area (Å²) in [6.45, 7) is 16.3. The van der Waals surface area contributed by atoms with Crippen LogP contribution in [0.4, 0.5) is 0 Å². The first-order valence-electron chi connectivity index (χ1n) is 23.8. The Morgan fingerprint density at radius 2 is 1.36 bits per heavy atom. The Balaban J connectivity index is 1.09. The van der Waals surface area contributed by atoms with Crippen LogP contribution < -0.4 is 36.6 Å². The second-order valence-electron chi connectivity index (χ2n) is 20.6. The minimum Gasteiger partial charge on any atom is -0.489 e. The number of fused-ring (bicyclic) bond motifs is 2. The van der Waals surface area contributed by atoms with Crippen LogP contribution in [0.5, 0.6) is 5.75 Å². The summed E-state index contributed by atoms with van der Waals surface area (Å²) >= 11 is 0. The molecule has 1 unspecified atom stereocenters. The molecule has 6 rings (SSSR count). The van der Waals surface area contributed by atoms with E-state index in [0.717, 1.165) is 41.5 Å². The highest BCUT2D eigenvalue weighted by atomic mass is 16.5. The molecule has 362 valence electrons. The van der Waals surface area contributed by atoms with Crippen molar-refractivity contribution >= 4 is 35.4 Å². The molecular weight excluding hydrogens is 849 g/mol. The highest BCUT2D eigenvalue weighted by Crippen LogP contribution is 2.32. The van der Waals surface area contributed by atoms with Gasteiger partial charge in [-0.2, -0.15) is 0 Å². The molecular formula is C52H72N8O7. The minimum absolute atomic E-state index is 0.0982. The third-order valence-corrected chi connectivity index (χ3v) is 13.5. The van der Waals surface area contributed by atoms with Crippen molar-refractivity contribution in [3.8, 4) is 5.75 Å². The molecule has 6 N–H and O–H groups in total. The third kappa shape index (κ3) is 12.4. The number of nitrogens with zero attached hydrogens (tertiary/aromatic N) is 2. The van der Waals surface area contributed by atoms with Gasteiger partial charge >= 0.3 is 0 Å². The van der Waals surface area contributed by atoms with E-state index in [2.05, 4.69) is 38.0 Å². The van der Waals surface area contributed by atoms with Crippen LogP contribution in [0.1, 0.15) is 119 Å². The summed E-state index contributed by atoms with van der Waals surface area (Å²) in [7, 11) is 3.39. The van der Waals surface area contributed by atoms with Crippen LogP contribution in [0.25, 0.3) is 0 Å². The van der Waals surface area contributed by atoms with E-state index in [4.69, 9.17) is 4.74 Å². The number of hydrogen-bond acceptors (Lipinski definition) is 9. The van der Waals surface area contributed by atoms with Gasteiger partial charge in [0.05, 0.1) is 18.1 Å². The van der Waals surface area contributed by atoms with Gasteiger partial charge in [-0.15, -0.1) is 0 Å².